The molecule has 1 unspecified atom stereocenters. The first kappa shape index (κ1) is 21.6. The summed E-state index contributed by atoms with van der Waals surface area (Å²) in [6, 6.07) is -1.01. The van der Waals surface area contributed by atoms with E-state index in [4.69, 9.17) is 0 Å². The highest BCUT2D eigenvalue weighted by molar-refractivity contribution is 5.93. The van der Waals surface area contributed by atoms with Crippen molar-refractivity contribution in [2.24, 2.45) is 11.8 Å². The van der Waals surface area contributed by atoms with E-state index in [1.807, 2.05) is 13.8 Å². The number of piperidine rings is 1. The smallest absolute Gasteiger partial charge is 0.243 e. The number of nitrogens with zero attached hydrogens (tertiary/aromatic N) is 1. The van der Waals surface area contributed by atoms with E-state index < -0.39 is 12.1 Å². The third kappa shape index (κ3) is 8.47. The van der Waals surface area contributed by atoms with Crippen LogP contribution in [0.2, 0.25) is 0 Å². The van der Waals surface area contributed by atoms with Gasteiger partial charge in [-0.2, -0.15) is 0 Å². The molecular weight excluding hydrogens is 318 g/mol. The van der Waals surface area contributed by atoms with Gasteiger partial charge in [-0.05, 0) is 44.1 Å². The largest absolute Gasteiger partial charge is 0.345 e. The van der Waals surface area contributed by atoms with Gasteiger partial charge in [0.15, 0.2) is 5.78 Å². The Morgan fingerprint density at radius 3 is 2.40 bits per heavy atom. The Bertz CT molecular complexity index is 463. The van der Waals surface area contributed by atoms with Crippen molar-refractivity contribution >= 4 is 17.6 Å². The van der Waals surface area contributed by atoms with Crippen LogP contribution in [0.3, 0.4) is 0 Å². The highest BCUT2D eigenvalue weighted by Crippen LogP contribution is 2.12. The fraction of sp³-hybridized carbons (Fsp3) is 0.842. The monoisotopic (exact) mass is 353 g/mol. The lowest BCUT2D eigenvalue weighted by atomic mass is 9.99. The van der Waals surface area contributed by atoms with Crippen molar-refractivity contribution in [1.82, 2.24) is 15.5 Å². The van der Waals surface area contributed by atoms with Gasteiger partial charge >= 0.3 is 0 Å². The van der Waals surface area contributed by atoms with E-state index >= 15 is 0 Å². The summed E-state index contributed by atoms with van der Waals surface area (Å²) in [7, 11) is 0. The summed E-state index contributed by atoms with van der Waals surface area (Å²) in [6.45, 7) is 12.0. The van der Waals surface area contributed by atoms with Gasteiger partial charge < -0.3 is 10.6 Å². The number of ketones is 1. The van der Waals surface area contributed by atoms with Crippen LogP contribution in [-0.4, -0.2) is 54.2 Å². The van der Waals surface area contributed by atoms with Crippen molar-refractivity contribution in [2.75, 3.05) is 19.6 Å². The topological polar surface area (TPSA) is 78.5 Å². The third-order valence-corrected chi connectivity index (χ3v) is 4.48. The number of likely N-dealkylation sites (tertiary alicyclic amines) is 1. The van der Waals surface area contributed by atoms with E-state index in [0.29, 0.717) is 25.3 Å². The van der Waals surface area contributed by atoms with Gasteiger partial charge in [0.2, 0.25) is 11.8 Å². The van der Waals surface area contributed by atoms with Crippen molar-refractivity contribution in [1.29, 1.82) is 0 Å². The molecule has 1 aliphatic rings. The predicted octanol–water partition coefficient (Wildman–Crippen LogP) is 1.73. The molecule has 1 rings (SSSR count). The van der Waals surface area contributed by atoms with Crippen molar-refractivity contribution in [3.63, 3.8) is 0 Å². The molecule has 2 N–H and O–H groups in total. The molecule has 144 valence electrons. The molecule has 0 radical (unpaired) electrons. The van der Waals surface area contributed by atoms with Gasteiger partial charge in [-0.3, -0.25) is 19.3 Å². The van der Waals surface area contributed by atoms with E-state index in [9.17, 15) is 14.4 Å². The fourth-order valence-corrected chi connectivity index (χ4v) is 3.17. The number of Topliss-reactive ketones (excluding diaryl/α,β-unsaturated/α-hetero) is 1. The van der Waals surface area contributed by atoms with E-state index in [1.165, 1.54) is 13.3 Å². The summed E-state index contributed by atoms with van der Waals surface area (Å²) >= 11 is 0. The van der Waals surface area contributed by atoms with Gasteiger partial charge in [0.1, 0.15) is 6.04 Å². The highest BCUT2D eigenvalue weighted by Gasteiger charge is 2.30. The molecule has 6 heteroatoms. The first-order valence-corrected chi connectivity index (χ1v) is 9.51. The average Bonchev–Trinajstić information content (AvgIpc) is 2.47. The third-order valence-electron chi connectivity index (χ3n) is 4.48. The molecule has 0 aliphatic carbocycles. The Kier molecular flexibility index (Phi) is 9.11. The first-order valence-electron chi connectivity index (χ1n) is 9.51. The second-order valence-electron chi connectivity index (χ2n) is 8.01. The summed E-state index contributed by atoms with van der Waals surface area (Å²) < 4.78 is 0. The normalized spacial score (nSPS) is 20.0. The Morgan fingerprint density at radius 2 is 1.88 bits per heavy atom. The molecule has 1 heterocycles. The minimum Gasteiger partial charge on any atom is -0.345 e. The van der Waals surface area contributed by atoms with Crippen LogP contribution < -0.4 is 10.6 Å². The van der Waals surface area contributed by atoms with Crippen molar-refractivity contribution in [3.8, 4) is 0 Å². The van der Waals surface area contributed by atoms with Gasteiger partial charge in [0, 0.05) is 13.5 Å². The molecule has 1 fully saturated rings. The minimum absolute atomic E-state index is 0.0651. The van der Waals surface area contributed by atoms with Crippen molar-refractivity contribution in [2.45, 2.75) is 72.4 Å². The SMILES string of the molecule is CC(=O)N[C@@H](CC(C)C)C(=O)NC1CCN(CCCC(C)C)CC1=O. The average molecular weight is 354 g/mol. The van der Waals surface area contributed by atoms with Crippen molar-refractivity contribution < 1.29 is 14.4 Å². The number of amides is 2. The van der Waals surface area contributed by atoms with Gasteiger partial charge in [0.05, 0.1) is 12.6 Å². The van der Waals surface area contributed by atoms with Gasteiger partial charge in [-0.1, -0.05) is 27.7 Å². The van der Waals surface area contributed by atoms with E-state index in [0.717, 1.165) is 19.5 Å². The van der Waals surface area contributed by atoms with E-state index in [-0.39, 0.29) is 23.5 Å². The molecule has 25 heavy (non-hydrogen) atoms. The van der Waals surface area contributed by atoms with Gasteiger partial charge in [0.25, 0.3) is 0 Å². The molecule has 0 aromatic heterocycles. The predicted molar refractivity (Wildman–Crippen MR) is 99.1 cm³/mol. The first-order chi connectivity index (χ1) is 11.7. The van der Waals surface area contributed by atoms with Crippen LogP contribution in [0.25, 0.3) is 0 Å². The fourth-order valence-electron chi connectivity index (χ4n) is 3.17. The zero-order valence-corrected chi connectivity index (χ0v) is 16.4. The van der Waals surface area contributed by atoms with Crippen molar-refractivity contribution in [3.05, 3.63) is 0 Å². The lowest BCUT2D eigenvalue weighted by Crippen LogP contribution is -2.56. The summed E-state index contributed by atoms with van der Waals surface area (Å²) in [4.78, 5) is 38.3. The number of carbonyl (C=O) groups is 3. The summed E-state index contributed by atoms with van der Waals surface area (Å²) in [5, 5.41) is 5.53. The van der Waals surface area contributed by atoms with Gasteiger partial charge in [-0.25, -0.2) is 0 Å². The standard InChI is InChI=1S/C19H35N3O3/c1-13(2)7-6-9-22-10-8-16(18(24)12-22)21-19(25)17(11-14(3)4)20-15(5)23/h13-14,16-17H,6-12H2,1-5H3,(H,20,23)(H,21,25)/t16?,17-/m0/s1. The second kappa shape index (κ2) is 10.5. The lowest BCUT2D eigenvalue weighted by Gasteiger charge is -2.32. The Hall–Kier alpha value is -1.43. The molecule has 2 atom stereocenters. The number of nitrogens with one attached hydrogen (secondary N) is 2. The molecule has 0 aromatic carbocycles. The quantitative estimate of drug-likeness (QED) is 0.662. The Balaban J connectivity index is 2.49. The van der Waals surface area contributed by atoms with Crippen LogP contribution in [-0.2, 0) is 14.4 Å². The van der Waals surface area contributed by atoms with Crippen LogP contribution in [0.4, 0.5) is 0 Å². The maximum atomic E-state index is 12.5. The molecule has 0 spiro atoms. The van der Waals surface area contributed by atoms with Gasteiger partial charge in [-0.15, -0.1) is 0 Å². The van der Waals surface area contributed by atoms with Crippen LogP contribution >= 0.6 is 0 Å². The molecule has 2 amide bonds. The lowest BCUT2D eigenvalue weighted by molar-refractivity contribution is -0.132. The maximum absolute atomic E-state index is 12.5. The summed E-state index contributed by atoms with van der Waals surface area (Å²) in [5.74, 6) is 0.540. The zero-order chi connectivity index (χ0) is 19.0. The van der Waals surface area contributed by atoms with Crippen LogP contribution in [0.15, 0.2) is 0 Å². The molecule has 6 nitrogen and oxygen atoms in total. The molecule has 0 saturated carbocycles. The Morgan fingerprint density at radius 1 is 1.20 bits per heavy atom. The van der Waals surface area contributed by atoms with Crippen LogP contribution in [0.1, 0.15) is 60.3 Å². The molecule has 1 saturated heterocycles. The summed E-state index contributed by atoms with van der Waals surface area (Å²) in [5.41, 5.74) is 0. The van der Waals surface area contributed by atoms with Crippen LogP contribution in [0, 0.1) is 11.8 Å². The second-order valence-corrected chi connectivity index (χ2v) is 8.01. The molecule has 0 aromatic rings. The molecule has 1 aliphatic heterocycles. The zero-order valence-electron chi connectivity index (χ0n) is 16.4. The molecular formula is C19H35N3O3. The number of carbonyl (C=O) groups excluding carboxylic acids is 3. The number of rotatable bonds is 9. The number of hydrogen-bond acceptors (Lipinski definition) is 4. The van der Waals surface area contributed by atoms with E-state index in [1.54, 1.807) is 0 Å². The van der Waals surface area contributed by atoms with Crippen LogP contribution in [0.5, 0.6) is 0 Å². The maximum Gasteiger partial charge on any atom is 0.243 e. The minimum atomic E-state index is -0.575. The van der Waals surface area contributed by atoms with E-state index in [2.05, 4.69) is 29.4 Å². The number of hydrogen-bond donors (Lipinski definition) is 2. The molecule has 0 bridgehead atoms. The Labute approximate surface area is 152 Å². The summed E-state index contributed by atoms with van der Waals surface area (Å²) in [6.07, 6.45) is 3.47. The highest BCUT2D eigenvalue weighted by atomic mass is 16.2.